The molecule has 11 rings (SSSR count). The van der Waals surface area contributed by atoms with Crippen LogP contribution >= 0.6 is 0 Å². The van der Waals surface area contributed by atoms with E-state index in [-0.39, 0.29) is 0 Å². The molecule has 0 radical (unpaired) electrons. The van der Waals surface area contributed by atoms with E-state index in [0.29, 0.717) is 5.82 Å². The Balaban J connectivity index is 1.09. The van der Waals surface area contributed by atoms with Crippen LogP contribution in [0.25, 0.3) is 110 Å². The van der Waals surface area contributed by atoms with Gasteiger partial charge in [0.15, 0.2) is 5.82 Å². The summed E-state index contributed by atoms with van der Waals surface area (Å²) in [4.78, 5) is 10.6. The van der Waals surface area contributed by atoms with Crippen LogP contribution in [-0.2, 0) is 0 Å². The summed E-state index contributed by atoms with van der Waals surface area (Å²) < 4.78 is 6.10. The minimum Gasteiger partial charge on any atom is -0.456 e. The molecule has 9 aromatic carbocycles. The second-order valence-electron chi connectivity index (χ2n) is 14.1. The first-order valence-corrected chi connectivity index (χ1v) is 18.6. The number of nitrogens with zero attached hydrogens (tertiary/aromatic N) is 2. The third-order valence-corrected chi connectivity index (χ3v) is 10.9. The number of aromatic nitrogens is 2. The van der Waals surface area contributed by atoms with Gasteiger partial charge in [0.2, 0.25) is 0 Å². The predicted octanol–water partition coefficient (Wildman–Crippen LogP) is 14.2. The number of hydrogen-bond acceptors (Lipinski definition) is 3. The molecule has 256 valence electrons. The van der Waals surface area contributed by atoms with E-state index in [1.54, 1.807) is 0 Å². The summed E-state index contributed by atoms with van der Waals surface area (Å²) in [7, 11) is 0. The van der Waals surface area contributed by atoms with Crippen molar-refractivity contribution < 1.29 is 4.42 Å². The Labute approximate surface area is 317 Å². The number of hydrogen-bond donors (Lipinski definition) is 0. The molecule has 11 aromatic rings. The van der Waals surface area contributed by atoms with Crippen molar-refractivity contribution in [3.63, 3.8) is 0 Å². The average molecular weight is 701 g/mol. The smallest absolute Gasteiger partial charge is 0.160 e. The number of rotatable bonds is 5. The van der Waals surface area contributed by atoms with Crippen molar-refractivity contribution >= 4 is 54.3 Å². The molecule has 0 aliphatic heterocycles. The van der Waals surface area contributed by atoms with E-state index >= 15 is 0 Å². The molecule has 0 fully saturated rings. The van der Waals surface area contributed by atoms with Crippen LogP contribution in [0.3, 0.4) is 0 Å². The van der Waals surface area contributed by atoms with Crippen molar-refractivity contribution in [1.82, 2.24) is 9.97 Å². The van der Waals surface area contributed by atoms with Crippen molar-refractivity contribution in [3.05, 3.63) is 194 Å². The van der Waals surface area contributed by atoms with E-state index < -0.39 is 0 Å². The summed E-state index contributed by atoms with van der Waals surface area (Å²) in [6.07, 6.45) is 0. The number of para-hydroxylation sites is 1. The largest absolute Gasteiger partial charge is 0.456 e. The minimum absolute atomic E-state index is 0.690. The van der Waals surface area contributed by atoms with Gasteiger partial charge in [0.05, 0.1) is 11.4 Å². The first kappa shape index (κ1) is 31.2. The molecule has 0 spiro atoms. The van der Waals surface area contributed by atoms with E-state index in [0.717, 1.165) is 72.1 Å². The summed E-state index contributed by atoms with van der Waals surface area (Å²) in [6, 6.07) is 68.7. The van der Waals surface area contributed by atoms with Gasteiger partial charge < -0.3 is 4.42 Å². The van der Waals surface area contributed by atoms with Gasteiger partial charge in [-0.1, -0.05) is 164 Å². The molecule has 2 heterocycles. The molecular weight excluding hydrogens is 669 g/mol. The normalized spacial score (nSPS) is 11.6. The lowest BCUT2D eigenvalue weighted by molar-refractivity contribution is 0.669. The predicted molar refractivity (Wildman–Crippen MR) is 229 cm³/mol. The van der Waals surface area contributed by atoms with Crippen LogP contribution in [0.5, 0.6) is 0 Å². The van der Waals surface area contributed by atoms with E-state index in [1.807, 2.05) is 18.2 Å². The molecule has 3 heteroatoms. The second kappa shape index (κ2) is 12.6. The Bertz CT molecular complexity index is 3230. The lowest BCUT2D eigenvalue weighted by Gasteiger charge is -2.15. The van der Waals surface area contributed by atoms with Gasteiger partial charge in [-0.3, -0.25) is 0 Å². The maximum absolute atomic E-state index is 6.10. The highest BCUT2D eigenvalue weighted by Gasteiger charge is 2.17. The molecule has 0 unspecified atom stereocenters. The first-order valence-electron chi connectivity index (χ1n) is 18.6. The highest BCUT2D eigenvalue weighted by molar-refractivity contribution is 6.20. The van der Waals surface area contributed by atoms with Crippen LogP contribution in [0.1, 0.15) is 0 Å². The number of fused-ring (bicyclic) bond motifs is 7. The fourth-order valence-corrected chi connectivity index (χ4v) is 8.13. The molecule has 0 bridgehead atoms. The van der Waals surface area contributed by atoms with Crippen molar-refractivity contribution in [2.75, 3.05) is 0 Å². The van der Waals surface area contributed by atoms with E-state index in [4.69, 9.17) is 14.4 Å². The first-order chi connectivity index (χ1) is 27.2. The second-order valence-corrected chi connectivity index (χ2v) is 14.1. The van der Waals surface area contributed by atoms with Gasteiger partial charge in [-0.2, -0.15) is 0 Å². The highest BCUT2D eigenvalue weighted by atomic mass is 16.3. The van der Waals surface area contributed by atoms with Gasteiger partial charge in [0.1, 0.15) is 11.2 Å². The summed E-state index contributed by atoms with van der Waals surface area (Å²) >= 11 is 0. The zero-order valence-corrected chi connectivity index (χ0v) is 29.8. The average Bonchev–Trinajstić information content (AvgIpc) is 3.64. The fraction of sp³-hybridized carbons (Fsp3) is 0. The number of furan rings is 1. The minimum atomic E-state index is 0.690. The third kappa shape index (κ3) is 5.36. The Morgan fingerprint density at radius 3 is 1.69 bits per heavy atom. The number of benzene rings is 9. The molecule has 0 N–H and O–H groups in total. The summed E-state index contributed by atoms with van der Waals surface area (Å²) in [6.45, 7) is 0. The SMILES string of the molecule is c1ccc(-c2ccc(-c3nc(-c4ccc(-c5ccc6oc7ccccc7c6c5)cc4)cc(-c4c5ccccc5cc5c4ccc4ccccc45)n3)cc2)cc1. The van der Waals surface area contributed by atoms with E-state index in [9.17, 15) is 0 Å². The van der Waals surface area contributed by atoms with E-state index in [1.165, 1.54) is 32.5 Å². The summed E-state index contributed by atoms with van der Waals surface area (Å²) in [5, 5.41) is 9.44. The molecule has 0 saturated heterocycles. The molecule has 0 amide bonds. The van der Waals surface area contributed by atoms with Gasteiger partial charge in [0.25, 0.3) is 0 Å². The Morgan fingerprint density at radius 1 is 0.291 bits per heavy atom. The zero-order chi connectivity index (χ0) is 36.3. The van der Waals surface area contributed by atoms with Gasteiger partial charge >= 0.3 is 0 Å². The van der Waals surface area contributed by atoms with Crippen LogP contribution in [0, 0.1) is 0 Å². The maximum Gasteiger partial charge on any atom is 0.160 e. The van der Waals surface area contributed by atoms with Crippen LogP contribution < -0.4 is 0 Å². The van der Waals surface area contributed by atoms with Crippen LogP contribution in [0.4, 0.5) is 0 Å². The summed E-state index contributed by atoms with van der Waals surface area (Å²) in [5.41, 5.74) is 11.3. The quantitative estimate of drug-likeness (QED) is 0.133. The zero-order valence-electron chi connectivity index (χ0n) is 29.8. The molecule has 0 aliphatic carbocycles. The molecule has 2 aromatic heterocycles. The van der Waals surface area contributed by atoms with Crippen LogP contribution in [0.15, 0.2) is 199 Å². The van der Waals surface area contributed by atoms with Gasteiger partial charge in [0, 0.05) is 27.5 Å². The van der Waals surface area contributed by atoms with Gasteiger partial charge in [-0.25, -0.2) is 9.97 Å². The van der Waals surface area contributed by atoms with Crippen LogP contribution in [0.2, 0.25) is 0 Å². The molecule has 0 aliphatic rings. The Morgan fingerprint density at radius 2 is 0.873 bits per heavy atom. The van der Waals surface area contributed by atoms with Crippen molar-refractivity contribution in [2.45, 2.75) is 0 Å². The third-order valence-electron chi connectivity index (χ3n) is 10.9. The van der Waals surface area contributed by atoms with Gasteiger partial charge in [-0.05, 0) is 84.9 Å². The topological polar surface area (TPSA) is 38.9 Å². The Kier molecular flexibility index (Phi) is 7.17. The lowest BCUT2D eigenvalue weighted by Crippen LogP contribution is -1.97. The molecule has 0 atom stereocenters. The van der Waals surface area contributed by atoms with Gasteiger partial charge in [-0.15, -0.1) is 0 Å². The molecule has 55 heavy (non-hydrogen) atoms. The standard InChI is InChI=1S/C52H32N2O/c1-2-10-33(11-3-1)34-20-24-38(25-21-34)52-53-47(37-22-18-35(19-23-37)39-27-29-50-46(30-39)43-16-8-9-17-49(43)55-50)32-48(54-52)51-42-15-7-5-13-40(42)31-45-41-14-6-4-12-36(41)26-28-44(45)51/h1-32H. The van der Waals surface area contributed by atoms with Crippen LogP contribution in [-0.4, -0.2) is 9.97 Å². The van der Waals surface area contributed by atoms with E-state index in [2.05, 4.69) is 176 Å². The molecule has 3 nitrogen and oxygen atoms in total. The van der Waals surface area contributed by atoms with Crippen molar-refractivity contribution in [1.29, 1.82) is 0 Å². The van der Waals surface area contributed by atoms with Crippen molar-refractivity contribution in [3.8, 4) is 56.2 Å². The monoisotopic (exact) mass is 700 g/mol. The maximum atomic E-state index is 6.10. The Hall–Kier alpha value is -7.36. The molecular formula is C52H32N2O. The highest BCUT2D eigenvalue weighted by Crippen LogP contribution is 2.41. The molecule has 0 saturated carbocycles. The van der Waals surface area contributed by atoms with Crippen molar-refractivity contribution in [2.24, 2.45) is 0 Å². The lowest BCUT2D eigenvalue weighted by atomic mass is 9.91. The summed E-state index contributed by atoms with van der Waals surface area (Å²) in [5.74, 6) is 0.690. The fourth-order valence-electron chi connectivity index (χ4n) is 8.13.